The largest absolute Gasteiger partial charge is 0.494 e. The van der Waals surface area contributed by atoms with Gasteiger partial charge in [-0.2, -0.15) is 0 Å². The molecule has 0 aromatic heterocycles. The lowest BCUT2D eigenvalue weighted by atomic mass is 10.1. The molecule has 0 aliphatic rings. The van der Waals surface area contributed by atoms with Crippen molar-refractivity contribution in [3.05, 3.63) is 94.6 Å². The summed E-state index contributed by atoms with van der Waals surface area (Å²) in [7, 11) is 0. The van der Waals surface area contributed by atoms with Gasteiger partial charge in [-0.3, -0.25) is 14.9 Å². The minimum Gasteiger partial charge on any atom is -0.494 e. The fourth-order valence-corrected chi connectivity index (χ4v) is 5.68. The first-order chi connectivity index (χ1) is 25.2. The van der Waals surface area contributed by atoms with Crippen LogP contribution in [-0.4, -0.2) is 36.2 Å². The summed E-state index contributed by atoms with van der Waals surface area (Å²) in [6.07, 6.45) is 15.0. The summed E-state index contributed by atoms with van der Waals surface area (Å²) >= 11 is 0. The second-order valence-electron chi connectivity index (χ2n) is 13.5. The third-order valence-electron chi connectivity index (χ3n) is 8.77. The van der Waals surface area contributed by atoms with Gasteiger partial charge in [0.15, 0.2) is 5.75 Å². The first-order valence-corrected chi connectivity index (χ1v) is 19.0. The number of esters is 2. The summed E-state index contributed by atoms with van der Waals surface area (Å²) in [5, 5.41) is 11.8. The molecule has 0 radical (unpaired) electrons. The Kier molecular flexibility index (Phi) is 19.1. The van der Waals surface area contributed by atoms with Crippen LogP contribution in [0.5, 0.6) is 17.2 Å². The van der Waals surface area contributed by atoms with Crippen LogP contribution in [0.25, 0.3) is 11.1 Å². The van der Waals surface area contributed by atoms with Gasteiger partial charge in [-0.05, 0) is 87.1 Å². The Labute approximate surface area is 309 Å². The van der Waals surface area contributed by atoms with Crippen LogP contribution in [0.15, 0.2) is 78.9 Å². The monoisotopic (exact) mass is 715 g/mol. The number of hydrogen-bond donors (Lipinski definition) is 0. The molecule has 282 valence electrons. The van der Waals surface area contributed by atoms with Gasteiger partial charge in [0.1, 0.15) is 11.5 Å². The Morgan fingerprint density at radius 1 is 0.750 bits per heavy atom. The van der Waals surface area contributed by atoms with Gasteiger partial charge in [0.2, 0.25) is 0 Å². The number of nitrogens with zero attached hydrogens (tertiary/aromatic N) is 1. The molecule has 0 N–H and O–H groups in total. The summed E-state index contributed by atoms with van der Waals surface area (Å²) in [5.41, 5.74) is 2.79. The van der Waals surface area contributed by atoms with E-state index < -0.39 is 10.9 Å². The highest BCUT2D eigenvalue weighted by Crippen LogP contribution is 2.31. The molecule has 52 heavy (non-hydrogen) atoms. The fourth-order valence-electron chi connectivity index (χ4n) is 5.68. The van der Waals surface area contributed by atoms with Crippen molar-refractivity contribution in [2.75, 3.05) is 13.2 Å². The van der Waals surface area contributed by atoms with Crippen molar-refractivity contribution < 1.29 is 33.5 Å². The minimum atomic E-state index is -0.683. The number of rotatable bonds is 26. The van der Waals surface area contributed by atoms with Gasteiger partial charge in [0, 0.05) is 18.9 Å². The molecule has 3 aromatic carbocycles. The number of ether oxygens (including phenoxy) is 4. The molecule has 9 nitrogen and oxygen atoms in total. The zero-order chi connectivity index (χ0) is 37.6. The first kappa shape index (κ1) is 41.8. The van der Waals surface area contributed by atoms with Crippen LogP contribution in [-0.2, 0) is 9.53 Å². The maximum atomic E-state index is 12.9. The lowest BCUT2D eigenvalue weighted by molar-refractivity contribution is -0.386. The van der Waals surface area contributed by atoms with Gasteiger partial charge in [-0.25, -0.2) is 4.79 Å². The van der Waals surface area contributed by atoms with Crippen molar-refractivity contribution in [2.24, 2.45) is 0 Å². The molecular formula is C43H57NO8. The van der Waals surface area contributed by atoms with Crippen LogP contribution in [0.4, 0.5) is 5.69 Å². The SMILES string of the molecule is C=C(C)CCOC(=O)CCCCCCCCCCOc1ccc(-c2ccc(OC(=O)c3ccc(O[C@H](C)CCCCCC)c([N+](=O)[O-])c3)cc2)cc1. The highest BCUT2D eigenvalue weighted by molar-refractivity contribution is 5.92. The van der Waals surface area contributed by atoms with E-state index in [9.17, 15) is 19.7 Å². The number of nitro groups is 1. The predicted molar refractivity (Wildman–Crippen MR) is 206 cm³/mol. The van der Waals surface area contributed by atoms with Crippen molar-refractivity contribution >= 4 is 17.6 Å². The first-order valence-electron chi connectivity index (χ1n) is 19.0. The summed E-state index contributed by atoms with van der Waals surface area (Å²) in [4.78, 5) is 35.8. The highest BCUT2D eigenvalue weighted by atomic mass is 16.6. The lowest BCUT2D eigenvalue weighted by Crippen LogP contribution is -2.14. The van der Waals surface area contributed by atoms with E-state index >= 15 is 0 Å². The molecule has 1 atom stereocenters. The van der Waals surface area contributed by atoms with E-state index in [1.54, 1.807) is 12.1 Å². The van der Waals surface area contributed by atoms with Crippen molar-refractivity contribution in [2.45, 2.75) is 123 Å². The second-order valence-corrected chi connectivity index (χ2v) is 13.5. The topological polar surface area (TPSA) is 114 Å². The summed E-state index contributed by atoms with van der Waals surface area (Å²) in [6.45, 7) is 10.9. The van der Waals surface area contributed by atoms with E-state index in [0.29, 0.717) is 25.4 Å². The third kappa shape index (κ3) is 16.1. The van der Waals surface area contributed by atoms with Crippen molar-refractivity contribution in [1.82, 2.24) is 0 Å². The predicted octanol–water partition coefficient (Wildman–Crippen LogP) is 11.6. The summed E-state index contributed by atoms with van der Waals surface area (Å²) in [6, 6.07) is 19.2. The van der Waals surface area contributed by atoms with E-state index in [-0.39, 0.29) is 29.1 Å². The molecule has 0 saturated heterocycles. The zero-order valence-corrected chi connectivity index (χ0v) is 31.4. The Morgan fingerprint density at radius 2 is 1.35 bits per heavy atom. The van der Waals surface area contributed by atoms with E-state index in [2.05, 4.69) is 13.5 Å². The molecule has 9 heteroatoms. The van der Waals surface area contributed by atoms with Crippen molar-refractivity contribution in [3.63, 3.8) is 0 Å². The number of unbranched alkanes of at least 4 members (excludes halogenated alkanes) is 10. The third-order valence-corrected chi connectivity index (χ3v) is 8.77. The van der Waals surface area contributed by atoms with Gasteiger partial charge in [-0.1, -0.05) is 94.5 Å². The lowest BCUT2D eigenvalue weighted by Gasteiger charge is -2.15. The minimum absolute atomic E-state index is 0.0761. The van der Waals surface area contributed by atoms with Crippen LogP contribution >= 0.6 is 0 Å². The quantitative estimate of drug-likeness (QED) is 0.0201. The van der Waals surface area contributed by atoms with Crippen LogP contribution in [0, 0.1) is 10.1 Å². The number of nitro benzene ring substituents is 1. The molecule has 0 saturated carbocycles. The summed E-state index contributed by atoms with van der Waals surface area (Å²) < 4.78 is 22.5. The fraction of sp³-hybridized carbons (Fsp3) is 0.488. The smallest absolute Gasteiger partial charge is 0.343 e. The van der Waals surface area contributed by atoms with Gasteiger partial charge in [0.25, 0.3) is 0 Å². The molecule has 3 rings (SSSR count). The Morgan fingerprint density at radius 3 is 1.96 bits per heavy atom. The second kappa shape index (κ2) is 23.7. The van der Waals surface area contributed by atoms with Crippen molar-refractivity contribution in [3.8, 4) is 28.4 Å². The van der Waals surface area contributed by atoms with Gasteiger partial charge in [-0.15, -0.1) is 6.58 Å². The summed E-state index contributed by atoms with van der Waals surface area (Å²) in [5.74, 6) is 0.514. The molecule has 0 aliphatic heterocycles. The van der Waals surface area contributed by atoms with Gasteiger partial charge >= 0.3 is 17.6 Å². The molecule has 0 unspecified atom stereocenters. The zero-order valence-electron chi connectivity index (χ0n) is 31.4. The Hall–Kier alpha value is -4.66. The van der Waals surface area contributed by atoms with Crippen molar-refractivity contribution in [1.29, 1.82) is 0 Å². The normalized spacial score (nSPS) is 11.4. The van der Waals surface area contributed by atoms with Crippen LogP contribution in [0.3, 0.4) is 0 Å². The van der Waals surface area contributed by atoms with E-state index in [1.807, 2.05) is 50.2 Å². The maximum absolute atomic E-state index is 12.9. The standard InChI is InChI=1S/C43H57NO8/c1-5-6-7-14-17-34(4)51-41-28-23-37(32-40(41)44(47)48)43(46)52-39-26-21-36(22-27-39)35-19-24-38(25-20-35)49-30-16-13-11-9-8-10-12-15-18-42(45)50-31-29-33(2)3/h19-28,32,34H,2,5-18,29-31H2,1,3-4H3/t34-/m1/s1. The Bertz CT molecular complexity index is 1530. The average Bonchev–Trinajstić information content (AvgIpc) is 3.13. The molecule has 0 fully saturated rings. The number of carbonyl (C=O) groups excluding carboxylic acids is 2. The molecule has 0 amide bonds. The van der Waals surface area contributed by atoms with E-state index in [4.69, 9.17) is 18.9 Å². The number of benzene rings is 3. The van der Waals surface area contributed by atoms with Gasteiger partial charge < -0.3 is 18.9 Å². The van der Waals surface area contributed by atoms with E-state index in [1.165, 1.54) is 37.5 Å². The molecule has 3 aromatic rings. The molecule has 0 aliphatic carbocycles. The molecule has 0 bridgehead atoms. The number of carbonyl (C=O) groups is 2. The van der Waals surface area contributed by atoms with Crippen LogP contribution in [0.1, 0.15) is 127 Å². The number of hydrogen-bond acceptors (Lipinski definition) is 8. The average molecular weight is 716 g/mol. The molecule has 0 heterocycles. The Balaban J connectivity index is 1.34. The van der Waals surface area contributed by atoms with Gasteiger partial charge in [0.05, 0.1) is 29.8 Å². The van der Waals surface area contributed by atoms with Crippen LogP contribution < -0.4 is 14.2 Å². The maximum Gasteiger partial charge on any atom is 0.343 e. The highest BCUT2D eigenvalue weighted by Gasteiger charge is 2.21. The van der Waals surface area contributed by atoms with Crippen LogP contribution in [0.2, 0.25) is 0 Å². The molecule has 0 spiro atoms. The van der Waals surface area contributed by atoms with E-state index in [0.717, 1.165) is 93.1 Å². The molecular weight excluding hydrogens is 658 g/mol.